The molecule has 0 N–H and O–H groups in total. The molecule has 4 aromatic rings. The normalized spacial score (nSPS) is 12.5. The number of aromatic nitrogens is 1. The highest BCUT2D eigenvalue weighted by Crippen LogP contribution is 2.32. The molecule has 7 heteroatoms. The number of benzene rings is 3. The van der Waals surface area contributed by atoms with Crippen LogP contribution in [0.3, 0.4) is 0 Å². The van der Waals surface area contributed by atoms with Crippen LogP contribution < -0.4 is 9.64 Å². The molecular formula is C34H38N4O3. The number of rotatable bonds is 8. The lowest BCUT2D eigenvalue weighted by Gasteiger charge is -2.23. The van der Waals surface area contributed by atoms with Gasteiger partial charge in [-0.1, -0.05) is 36.4 Å². The summed E-state index contributed by atoms with van der Waals surface area (Å²) >= 11 is 0. The van der Waals surface area contributed by atoms with Crippen LogP contribution in [0.4, 0.5) is 5.69 Å². The fourth-order valence-electron chi connectivity index (χ4n) is 5.52. The van der Waals surface area contributed by atoms with E-state index in [2.05, 4.69) is 9.47 Å². The Bertz CT molecular complexity index is 1570. The van der Waals surface area contributed by atoms with E-state index in [1.807, 2.05) is 112 Å². The molecule has 0 radical (unpaired) electrons. The maximum Gasteiger partial charge on any atom is 0.270 e. The zero-order chi connectivity index (χ0) is 29.1. The largest absolute Gasteiger partial charge is 0.497 e. The molecule has 5 rings (SSSR count). The molecule has 41 heavy (non-hydrogen) atoms. The van der Waals surface area contributed by atoms with Crippen molar-refractivity contribution in [3.8, 4) is 16.9 Å². The highest BCUT2D eigenvalue weighted by molar-refractivity contribution is 6.07. The van der Waals surface area contributed by atoms with E-state index in [4.69, 9.17) is 4.74 Å². The minimum Gasteiger partial charge on any atom is -0.497 e. The highest BCUT2D eigenvalue weighted by atomic mass is 16.5. The summed E-state index contributed by atoms with van der Waals surface area (Å²) in [5, 5.41) is 0. The summed E-state index contributed by atoms with van der Waals surface area (Å²) in [7, 11) is 7.59. The molecule has 1 aromatic heterocycles. The van der Waals surface area contributed by atoms with Gasteiger partial charge in [0, 0.05) is 30.5 Å². The van der Waals surface area contributed by atoms with Gasteiger partial charge in [-0.3, -0.25) is 9.59 Å². The third kappa shape index (κ3) is 5.91. The zero-order valence-corrected chi connectivity index (χ0v) is 24.6. The number of aryl methyl sites for hydroxylation is 1. The molecule has 2 amide bonds. The van der Waals surface area contributed by atoms with Crippen LogP contribution in [0.15, 0.2) is 78.9 Å². The Balaban J connectivity index is 1.44. The Hall–Kier alpha value is -4.36. The van der Waals surface area contributed by atoms with E-state index in [9.17, 15) is 9.59 Å². The molecule has 2 heterocycles. The zero-order valence-electron chi connectivity index (χ0n) is 24.6. The Morgan fingerprint density at radius 1 is 0.878 bits per heavy atom. The van der Waals surface area contributed by atoms with Gasteiger partial charge in [-0.25, -0.2) is 0 Å². The van der Waals surface area contributed by atoms with Gasteiger partial charge in [0.05, 0.1) is 20.2 Å². The lowest BCUT2D eigenvalue weighted by molar-refractivity contribution is 0.0780. The molecular weight excluding hydrogens is 512 g/mol. The Labute approximate surface area is 242 Å². The number of fused-ring (bicyclic) bond motifs is 2. The van der Waals surface area contributed by atoms with Crippen molar-refractivity contribution in [2.24, 2.45) is 0 Å². The Morgan fingerprint density at radius 3 is 2.44 bits per heavy atom. The second-order valence-electron chi connectivity index (χ2n) is 11.0. The Kier molecular flexibility index (Phi) is 8.26. The van der Waals surface area contributed by atoms with Gasteiger partial charge in [0.2, 0.25) is 0 Å². The number of amides is 2. The number of nitrogens with zero attached hydrogens (tertiary/aromatic N) is 4. The number of para-hydroxylation sites is 1. The van der Waals surface area contributed by atoms with Crippen LogP contribution >= 0.6 is 0 Å². The van der Waals surface area contributed by atoms with E-state index in [-0.39, 0.29) is 11.8 Å². The van der Waals surface area contributed by atoms with E-state index < -0.39 is 0 Å². The molecule has 0 spiro atoms. The van der Waals surface area contributed by atoms with Crippen molar-refractivity contribution in [3.05, 3.63) is 107 Å². The van der Waals surface area contributed by atoms with Gasteiger partial charge in [-0.2, -0.15) is 0 Å². The summed E-state index contributed by atoms with van der Waals surface area (Å²) in [6.45, 7) is 4.55. The third-order valence-corrected chi connectivity index (χ3v) is 7.77. The molecule has 0 bridgehead atoms. The predicted molar refractivity (Wildman–Crippen MR) is 164 cm³/mol. The summed E-state index contributed by atoms with van der Waals surface area (Å²) in [4.78, 5) is 33.3. The molecule has 7 nitrogen and oxygen atoms in total. The van der Waals surface area contributed by atoms with Gasteiger partial charge in [0.15, 0.2) is 0 Å². The monoisotopic (exact) mass is 550 g/mol. The van der Waals surface area contributed by atoms with Crippen LogP contribution in [-0.4, -0.2) is 67.5 Å². The van der Waals surface area contributed by atoms with Crippen LogP contribution in [0.2, 0.25) is 0 Å². The highest BCUT2D eigenvalue weighted by Gasteiger charge is 2.28. The average Bonchev–Trinajstić information content (AvgIpc) is 3.28. The van der Waals surface area contributed by atoms with Crippen LogP contribution in [0, 0.1) is 6.92 Å². The second kappa shape index (κ2) is 12.0. The number of carbonyl (C=O) groups excluding carboxylic acids is 2. The van der Waals surface area contributed by atoms with Gasteiger partial charge in [0.1, 0.15) is 11.4 Å². The fraction of sp³-hybridized carbons (Fsp3) is 0.294. The lowest BCUT2D eigenvalue weighted by atomic mass is 9.97. The molecule has 212 valence electrons. The number of carbonyl (C=O) groups is 2. The Morgan fingerprint density at radius 2 is 1.68 bits per heavy atom. The van der Waals surface area contributed by atoms with Crippen molar-refractivity contribution >= 4 is 17.5 Å². The molecule has 0 atom stereocenters. The quantitative estimate of drug-likeness (QED) is 0.282. The van der Waals surface area contributed by atoms with Gasteiger partial charge < -0.3 is 24.0 Å². The molecule has 0 aliphatic carbocycles. The first-order chi connectivity index (χ1) is 19.8. The van der Waals surface area contributed by atoms with Crippen LogP contribution in [0.1, 0.15) is 44.1 Å². The van der Waals surface area contributed by atoms with Crippen LogP contribution in [-0.2, 0) is 13.1 Å². The summed E-state index contributed by atoms with van der Waals surface area (Å²) < 4.78 is 7.46. The summed E-state index contributed by atoms with van der Waals surface area (Å²) in [6.07, 6.45) is 0.907. The summed E-state index contributed by atoms with van der Waals surface area (Å²) in [6, 6.07) is 25.6. The molecule has 0 fully saturated rings. The smallest absolute Gasteiger partial charge is 0.270 e. The number of hydrogen-bond donors (Lipinski definition) is 0. The van der Waals surface area contributed by atoms with Crippen LogP contribution in [0.5, 0.6) is 5.75 Å². The van der Waals surface area contributed by atoms with Crippen molar-refractivity contribution in [1.29, 1.82) is 0 Å². The average molecular weight is 551 g/mol. The number of anilines is 1. The summed E-state index contributed by atoms with van der Waals surface area (Å²) in [5.74, 6) is 0.723. The second-order valence-corrected chi connectivity index (χ2v) is 11.0. The maximum atomic E-state index is 14.1. The van der Waals surface area contributed by atoms with Crippen molar-refractivity contribution in [3.63, 3.8) is 0 Å². The van der Waals surface area contributed by atoms with Crippen molar-refractivity contribution in [1.82, 2.24) is 14.4 Å². The third-order valence-electron chi connectivity index (χ3n) is 7.77. The fourth-order valence-corrected chi connectivity index (χ4v) is 5.52. The van der Waals surface area contributed by atoms with Gasteiger partial charge >= 0.3 is 0 Å². The van der Waals surface area contributed by atoms with Gasteiger partial charge in [-0.05, 0) is 98.7 Å². The van der Waals surface area contributed by atoms with E-state index in [1.165, 1.54) is 0 Å². The number of ether oxygens (including phenoxy) is 1. The molecule has 0 saturated heterocycles. The standard InChI is InChI=1S/C34H38N4O3/c1-24-20-26(14-16-30(24)25-11-8-12-29(21-25)41-5)33(39)38-23-28-15-17-32(34(40)36(4)19-9-18-35(2)3)37(28)22-27-10-6-7-13-31(27)38/h6-8,10-17,20-21H,9,18-19,22-23H2,1-5H3. The summed E-state index contributed by atoms with van der Waals surface area (Å²) in [5.41, 5.74) is 7.20. The lowest BCUT2D eigenvalue weighted by Crippen LogP contribution is -2.32. The van der Waals surface area contributed by atoms with Gasteiger partial charge in [0.25, 0.3) is 11.8 Å². The van der Waals surface area contributed by atoms with Crippen molar-refractivity contribution in [2.75, 3.05) is 46.2 Å². The molecule has 1 aliphatic heterocycles. The van der Waals surface area contributed by atoms with Crippen molar-refractivity contribution < 1.29 is 14.3 Å². The van der Waals surface area contributed by atoms with E-state index in [1.54, 1.807) is 12.0 Å². The molecule has 0 unspecified atom stereocenters. The number of methoxy groups -OCH3 is 1. The topological polar surface area (TPSA) is 58.0 Å². The first-order valence-corrected chi connectivity index (χ1v) is 14.0. The maximum absolute atomic E-state index is 14.1. The first-order valence-electron chi connectivity index (χ1n) is 14.0. The van der Waals surface area contributed by atoms with E-state index >= 15 is 0 Å². The molecule has 1 aliphatic rings. The van der Waals surface area contributed by atoms with E-state index in [0.717, 1.165) is 52.4 Å². The van der Waals surface area contributed by atoms with Gasteiger partial charge in [-0.15, -0.1) is 0 Å². The first kappa shape index (κ1) is 28.2. The minimum atomic E-state index is -0.0685. The number of hydrogen-bond acceptors (Lipinski definition) is 4. The SMILES string of the molecule is COc1cccc(-c2ccc(C(=O)N3Cc4ccc(C(=O)N(C)CCCN(C)C)n4Cc4ccccc43)cc2C)c1. The predicted octanol–water partition coefficient (Wildman–Crippen LogP) is 5.70. The molecule has 3 aromatic carbocycles. The van der Waals surface area contributed by atoms with E-state index in [0.29, 0.717) is 30.9 Å². The van der Waals surface area contributed by atoms with Crippen LogP contribution in [0.25, 0.3) is 11.1 Å². The molecule has 0 saturated carbocycles. The minimum absolute atomic E-state index is 0.00369. The van der Waals surface area contributed by atoms with Crippen molar-refractivity contribution in [2.45, 2.75) is 26.4 Å².